The molecule has 6 nitrogen and oxygen atoms in total. The van der Waals surface area contributed by atoms with Crippen LogP contribution in [0.5, 0.6) is 0 Å². The number of rotatable bonds is 8. The van der Waals surface area contributed by atoms with E-state index in [9.17, 15) is 39.6 Å². The molecule has 0 aliphatic rings. The summed E-state index contributed by atoms with van der Waals surface area (Å²) in [6.07, 6.45) is -4.57. The van der Waals surface area contributed by atoms with Gasteiger partial charge in [-0.2, -0.15) is 13.2 Å². The van der Waals surface area contributed by atoms with Crippen LogP contribution in [0.1, 0.15) is 36.7 Å². The molecule has 14 heteroatoms. The highest BCUT2D eigenvalue weighted by molar-refractivity contribution is 14.1. The lowest BCUT2D eigenvalue weighted by Crippen LogP contribution is -2.39. The van der Waals surface area contributed by atoms with Gasteiger partial charge in [-0.3, -0.25) is 9.20 Å². The van der Waals surface area contributed by atoms with Gasteiger partial charge in [-0.1, -0.05) is 13.0 Å². The number of alkyl halides is 3. The summed E-state index contributed by atoms with van der Waals surface area (Å²) in [7, 11) is -3.54. The van der Waals surface area contributed by atoms with Crippen molar-refractivity contribution in [1.29, 1.82) is 0 Å². The predicted octanol–water partition coefficient (Wildman–Crippen LogP) is 4.94. The fourth-order valence-electron chi connectivity index (χ4n) is 3.57. The van der Waals surface area contributed by atoms with Crippen LogP contribution in [0.15, 0.2) is 30.5 Å². The Kier molecular flexibility index (Phi) is 8.27. The van der Waals surface area contributed by atoms with Crippen molar-refractivity contribution >= 4 is 44.0 Å². The molecule has 1 atom stereocenters. The molecule has 1 aromatic carbocycles. The number of benzene rings is 1. The van der Waals surface area contributed by atoms with E-state index in [-0.39, 0.29) is 32.9 Å². The van der Waals surface area contributed by atoms with Crippen LogP contribution in [0.4, 0.5) is 26.3 Å². The lowest BCUT2D eigenvalue weighted by molar-refractivity contribution is -0.140. The van der Waals surface area contributed by atoms with E-state index in [2.05, 4.69) is 4.98 Å². The number of aromatic nitrogens is 2. The lowest BCUT2D eigenvalue weighted by Gasteiger charge is -2.29. The number of fused-ring (bicyclic) bond motifs is 1. The van der Waals surface area contributed by atoms with Crippen LogP contribution in [-0.4, -0.2) is 46.7 Å². The molecule has 0 saturated heterocycles. The molecule has 1 unspecified atom stereocenters. The fraction of sp³-hybridized carbons (Fsp3) is 0.364. The first-order valence-corrected chi connectivity index (χ1v) is 13.4. The van der Waals surface area contributed by atoms with Crippen LogP contribution in [0.2, 0.25) is 0 Å². The number of sulfone groups is 1. The van der Waals surface area contributed by atoms with Crippen molar-refractivity contribution in [2.75, 3.05) is 18.1 Å². The average molecular weight is 647 g/mol. The van der Waals surface area contributed by atoms with Gasteiger partial charge in [0.05, 0.1) is 29.5 Å². The maximum atomic E-state index is 14.3. The molecule has 0 bridgehead atoms. The number of hydrogen-bond acceptors (Lipinski definition) is 4. The largest absolute Gasteiger partial charge is 0.419 e. The third-order valence-electron chi connectivity index (χ3n) is 5.57. The Balaban J connectivity index is 2.00. The molecular formula is C22H20F6IN3O3S. The zero-order valence-corrected chi connectivity index (χ0v) is 21.9. The summed E-state index contributed by atoms with van der Waals surface area (Å²) in [6, 6.07) is 1.83. The normalized spacial score (nSPS) is 13.2. The lowest BCUT2D eigenvalue weighted by atomic mass is 10.1. The summed E-state index contributed by atoms with van der Waals surface area (Å²) in [6.45, 7) is 2.58. The minimum absolute atomic E-state index is 0.137. The monoisotopic (exact) mass is 647 g/mol. The smallest absolute Gasteiger partial charge is 0.333 e. The standard InChI is InChI=1S/C22H20F6IN3O3S/c1-3-36(34,35)7-6-31(18(33)9-13-4-5-16(24)15(8-13)22(26,27)28)12(2)19-20(29)32-11-14(23)10-17(25)21(32)30-19/h4-5,8,10-12H,3,6-7,9H2,1-2H3. The van der Waals surface area contributed by atoms with Gasteiger partial charge in [-0.25, -0.2) is 26.6 Å². The van der Waals surface area contributed by atoms with Gasteiger partial charge in [0.1, 0.15) is 15.3 Å². The number of halogens is 7. The molecule has 0 aliphatic heterocycles. The summed E-state index contributed by atoms with van der Waals surface area (Å²) in [4.78, 5) is 18.5. The second kappa shape index (κ2) is 10.6. The number of amides is 1. The minimum Gasteiger partial charge on any atom is -0.333 e. The Hall–Kier alpha value is -2.36. The first-order valence-electron chi connectivity index (χ1n) is 10.5. The summed E-state index contributed by atoms with van der Waals surface area (Å²) >= 11 is 1.78. The van der Waals surface area contributed by atoms with Crippen molar-refractivity contribution in [2.45, 2.75) is 32.5 Å². The maximum Gasteiger partial charge on any atom is 0.419 e. The topological polar surface area (TPSA) is 71.8 Å². The number of nitrogens with zero attached hydrogens (tertiary/aromatic N) is 3. The average Bonchev–Trinajstić information content (AvgIpc) is 3.11. The highest BCUT2D eigenvalue weighted by Gasteiger charge is 2.35. The molecule has 0 N–H and O–H groups in total. The molecule has 0 saturated carbocycles. The number of imidazole rings is 1. The zero-order chi connectivity index (χ0) is 27.0. The number of pyridine rings is 1. The summed E-state index contributed by atoms with van der Waals surface area (Å²) < 4.78 is 107. The van der Waals surface area contributed by atoms with E-state index in [0.717, 1.165) is 21.6 Å². The summed E-state index contributed by atoms with van der Waals surface area (Å²) in [5.74, 6) is -4.72. The van der Waals surface area contributed by atoms with Crippen LogP contribution in [0.3, 0.4) is 0 Å². The molecule has 1 amide bonds. The molecule has 2 heterocycles. The summed E-state index contributed by atoms with van der Waals surface area (Å²) in [5.41, 5.74) is -1.75. The molecule has 3 rings (SSSR count). The van der Waals surface area contributed by atoms with Crippen molar-refractivity contribution < 1.29 is 39.6 Å². The molecule has 0 radical (unpaired) electrons. The van der Waals surface area contributed by atoms with Crippen LogP contribution >= 0.6 is 22.6 Å². The van der Waals surface area contributed by atoms with Gasteiger partial charge in [0, 0.05) is 24.6 Å². The maximum absolute atomic E-state index is 14.3. The minimum atomic E-state index is -4.97. The third-order valence-corrected chi connectivity index (χ3v) is 8.32. The molecular weight excluding hydrogens is 627 g/mol. The Morgan fingerprint density at radius 1 is 1.17 bits per heavy atom. The molecule has 3 aromatic rings. The van der Waals surface area contributed by atoms with Gasteiger partial charge in [0.25, 0.3) is 0 Å². The molecule has 196 valence electrons. The predicted molar refractivity (Wildman–Crippen MR) is 127 cm³/mol. The second-order valence-electron chi connectivity index (χ2n) is 7.98. The van der Waals surface area contributed by atoms with Gasteiger partial charge in [0.15, 0.2) is 21.3 Å². The third kappa shape index (κ3) is 6.12. The highest BCUT2D eigenvalue weighted by Crippen LogP contribution is 2.32. The van der Waals surface area contributed by atoms with Crippen LogP contribution in [0, 0.1) is 21.2 Å². The van der Waals surface area contributed by atoms with Gasteiger partial charge in [-0.05, 0) is 47.2 Å². The van der Waals surface area contributed by atoms with Gasteiger partial charge in [0.2, 0.25) is 5.91 Å². The fourth-order valence-corrected chi connectivity index (χ4v) is 5.27. The van der Waals surface area contributed by atoms with Crippen molar-refractivity contribution in [3.8, 4) is 0 Å². The number of carbonyl (C=O) groups excluding carboxylic acids is 1. The van der Waals surface area contributed by atoms with Crippen molar-refractivity contribution in [3.05, 3.63) is 68.4 Å². The van der Waals surface area contributed by atoms with E-state index in [4.69, 9.17) is 0 Å². The van der Waals surface area contributed by atoms with E-state index in [1.807, 2.05) is 0 Å². The quantitative estimate of drug-likeness (QED) is 0.257. The Morgan fingerprint density at radius 3 is 2.44 bits per heavy atom. The van der Waals surface area contributed by atoms with E-state index < -0.39 is 63.2 Å². The van der Waals surface area contributed by atoms with Crippen LogP contribution in [-0.2, 0) is 27.2 Å². The van der Waals surface area contributed by atoms with E-state index in [1.54, 1.807) is 22.6 Å². The number of carbonyl (C=O) groups is 1. The Morgan fingerprint density at radius 2 is 1.83 bits per heavy atom. The van der Waals surface area contributed by atoms with Crippen molar-refractivity contribution in [2.24, 2.45) is 0 Å². The Labute approximate surface area is 216 Å². The van der Waals surface area contributed by atoms with Crippen LogP contribution < -0.4 is 0 Å². The first-order chi connectivity index (χ1) is 16.6. The second-order valence-corrected chi connectivity index (χ2v) is 11.5. The van der Waals surface area contributed by atoms with Gasteiger partial charge < -0.3 is 4.90 Å². The first kappa shape index (κ1) is 28.2. The highest BCUT2D eigenvalue weighted by atomic mass is 127. The molecule has 0 spiro atoms. The van der Waals surface area contributed by atoms with Gasteiger partial charge in [-0.15, -0.1) is 0 Å². The SMILES string of the molecule is CCS(=O)(=O)CCN(C(=O)Cc1ccc(F)c(C(F)(F)F)c1)C(C)c1nc2c(F)cc(F)cn2c1I. The Bertz CT molecular complexity index is 1410. The molecule has 0 fully saturated rings. The molecule has 36 heavy (non-hydrogen) atoms. The number of hydrogen-bond donors (Lipinski definition) is 0. The zero-order valence-electron chi connectivity index (χ0n) is 18.9. The van der Waals surface area contributed by atoms with E-state index in [0.29, 0.717) is 18.2 Å². The molecule has 0 aliphatic carbocycles. The van der Waals surface area contributed by atoms with Gasteiger partial charge >= 0.3 is 6.18 Å². The van der Waals surface area contributed by atoms with E-state index >= 15 is 0 Å². The van der Waals surface area contributed by atoms with Crippen molar-refractivity contribution in [1.82, 2.24) is 14.3 Å². The summed E-state index contributed by atoms with van der Waals surface area (Å²) in [5, 5.41) is 0. The van der Waals surface area contributed by atoms with Crippen molar-refractivity contribution in [3.63, 3.8) is 0 Å². The van der Waals surface area contributed by atoms with Crippen LogP contribution in [0.25, 0.3) is 5.65 Å². The van der Waals surface area contributed by atoms with E-state index in [1.165, 1.54) is 13.8 Å². The molecule has 2 aromatic heterocycles.